The lowest BCUT2D eigenvalue weighted by molar-refractivity contribution is -0.158. The van der Waals surface area contributed by atoms with Crippen LogP contribution in [-0.2, 0) is 14.3 Å². The largest absolute Gasteiger partial charge is 0.447 e. The summed E-state index contributed by atoms with van der Waals surface area (Å²) >= 11 is 0. The standard InChI is InChI=1S/C51H38N4O4/c1-31(2)50(56)58-32(3)51(57)59-37-21-19-36(20-22-37)49-44-29-27-42(54-44)47(34-15-9-5-10-16-34)40-25-23-38(52-40)46(33-13-7-4-8-14-33)39-24-26-41(53-39)48(35-17-11-6-12-18-35)43-28-30-45(49)55-43/h4-30,32,52,55H,1H2,2-3H3/t32-/m0/s1. The molecule has 2 aliphatic rings. The van der Waals surface area contributed by atoms with Crippen molar-refractivity contribution in [2.24, 2.45) is 0 Å². The first-order chi connectivity index (χ1) is 28.8. The van der Waals surface area contributed by atoms with Crippen molar-refractivity contribution in [3.63, 3.8) is 0 Å². The van der Waals surface area contributed by atoms with E-state index in [1.807, 2.05) is 72.8 Å². The van der Waals surface area contributed by atoms with Gasteiger partial charge in [0.25, 0.3) is 0 Å². The highest BCUT2D eigenvalue weighted by Crippen LogP contribution is 2.38. The minimum absolute atomic E-state index is 0.197. The topological polar surface area (TPSA) is 110 Å². The number of aromatic amines is 2. The molecule has 286 valence electrons. The monoisotopic (exact) mass is 770 g/mol. The van der Waals surface area contributed by atoms with Crippen molar-refractivity contribution in [1.29, 1.82) is 0 Å². The van der Waals surface area contributed by atoms with Gasteiger partial charge in [0.15, 0.2) is 6.10 Å². The Balaban J connectivity index is 1.31. The van der Waals surface area contributed by atoms with Gasteiger partial charge in [-0.2, -0.15) is 0 Å². The summed E-state index contributed by atoms with van der Waals surface area (Å²) in [6, 6.07) is 46.5. The number of aromatic nitrogens is 4. The van der Waals surface area contributed by atoms with Gasteiger partial charge in [0.2, 0.25) is 0 Å². The molecule has 0 amide bonds. The van der Waals surface area contributed by atoms with Gasteiger partial charge in [0.1, 0.15) is 5.75 Å². The van der Waals surface area contributed by atoms with Crippen molar-refractivity contribution < 1.29 is 19.1 Å². The number of hydrogen-bond acceptors (Lipinski definition) is 6. The van der Waals surface area contributed by atoms with Crippen LogP contribution in [0.2, 0.25) is 0 Å². The Morgan fingerprint density at radius 1 is 0.508 bits per heavy atom. The second kappa shape index (κ2) is 15.6. The molecule has 2 aliphatic heterocycles. The predicted molar refractivity (Wildman–Crippen MR) is 237 cm³/mol. The summed E-state index contributed by atoms with van der Waals surface area (Å²) in [6.07, 6.45) is 7.16. The quantitative estimate of drug-likeness (QED) is 0.0904. The van der Waals surface area contributed by atoms with Crippen molar-refractivity contribution in [2.45, 2.75) is 20.0 Å². The number of carbonyl (C=O) groups is 2. The van der Waals surface area contributed by atoms with Gasteiger partial charge in [-0.1, -0.05) is 110 Å². The molecular weight excluding hydrogens is 733 g/mol. The van der Waals surface area contributed by atoms with Crippen LogP contribution in [0.25, 0.3) is 90.9 Å². The molecule has 0 saturated carbocycles. The minimum Gasteiger partial charge on any atom is -0.447 e. The van der Waals surface area contributed by atoms with Crippen LogP contribution in [0.15, 0.2) is 152 Å². The van der Waals surface area contributed by atoms with E-state index in [4.69, 9.17) is 19.4 Å². The summed E-state index contributed by atoms with van der Waals surface area (Å²) in [5, 5.41) is 0. The van der Waals surface area contributed by atoms with Crippen molar-refractivity contribution in [2.75, 3.05) is 0 Å². The fourth-order valence-corrected chi connectivity index (χ4v) is 7.43. The van der Waals surface area contributed by atoms with E-state index in [1.165, 1.54) is 13.8 Å². The first-order valence-electron chi connectivity index (χ1n) is 19.3. The highest BCUT2D eigenvalue weighted by molar-refractivity contribution is 6.00. The Morgan fingerprint density at radius 2 is 0.847 bits per heavy atom. The third kappa shape index (κ3) is 7.31. The number of H-pyrrole nitrogens is 2. The molecular formula is C51H38N4O4. The van der Waals surface area contributed by atoms with E-state index >= 15 is 0 Å². The fourth-order valence-electron chi connectivity index (χ4n) is 7.43. The van der Waals surface area contributed by atoms with Gasteiger partial charge in [-0.15, -0.1) is 0 Å². The second-order valence-electron chi connectivity index (χ2n) is 14.4. The lowest BCUT2D eigenvalue weighted by Gasteiger charge is -2.13. The molecule has 0 radical (unpaired) electrons. The molecule has 8 bridgehead atoms. The van der Waals surface area contributed by atoms with Gasteiger partial charge in [-0.05, 0) is 96.8 Å². The van der Waals surface area contributed by atoms with E-state index in [2.05, 4.69) is 95.4 Å². The number of benzene rings is 4. The number of nitrogens with zero attached hydrogens (tertiary/aromatic N) is 2. The van der Waals surface area contributed by atoms with Crippen LogP contribution in [0, 0.1) is 0 Å². The Labute approximate surface area is 340 Å². The Kier molecular flexibility index (Phi) is 9.72. The van der Waals surface area contributed by atoms with Crippen molar-refractivity contribution in [1.82, 2.24) is 19.9 Å². The summed E-state index contributed by atoms with van der Waals surface area (Å²) in [4.78, 5) is 43.1. The van der Waals surface area contributed by atoms with E-state index in [9.17, 15) is 9.59 Å². The molecule has 0 spiro atoms. The Morgan fingerprint density at radius 3 is 1.19 bits per heavy atom. The second-order valence-corrected chi connectivity index (χ2v) is 14.4. The summed E-state index contributed by atoms with van der Waals surface area (Å²) in [5.41, 5.74) is 14.6. The number of hydrogen-bond donors (Lipinski definition) is 2. The maximum Gasteiger partial charge on any atom is 0.352 e. The van der Waals surface area contributed by atoms with Crippen LogP contribution in [-0.4, -0.2) is 38.0 Å². The molecule has 9 rings (SSSR count). The van der Waals surface area contributed by atoms with E-state index in [-0.39, 0.29) is 5.57 Å². The van der Waals surface area contributed by atoms with Gasteiger partial charge < -0.3 is 19.4 Å². The molecule has 59 heavy (non-hydrogen) atoms. The van der Waals surface area contributed by atoms with Crippen molar-refractivity contribution in [3.05, 3.63) is 174 Å². The summed E-state index contributed by atoms with van der Waals surface area (Å²) in [7, 11) is 0. The first-order valence-corrected chi connectivity index (χ1v) is 19.3. The number of ether oxygens (including phenoxy) is 2. The molecule has 7 aromatic rings. The van der Waals surface area contributed by atoms with Gasteiger partial charge in [-0.3, -0.25) is 0 Å². The van der Waals surface area contributed by atoms with Gasteiger partial charge in [0, 0.05) is 49.9 Å². The van der Waals surface area contributed by atoms with Crippen LogP contribution in [0.4, 0.5) is 0 Å². The highest BCUT2D eigenvalue weighted by Gasteiger charge is 2.22. The SMILES string of the molecule is C=C(C)C(=O)O[C@@H](C)C(=O)Oc1ccc(-c2c3nc(c(-c4ccccc4)c4ccc([nH]4)c(-c4ccccc4)c4nc(c(-c5ccccc5)c5ccc2[nH]5)C=C4)C=C3)cc1. The fraction of sp³-hybridized carbons (Fsp3) is 0.0588. The van der Waals surface area contributed by atoms with Crippen molar-refractivity contribution in [3.8, 4) is 50.3 Å². The molecule has 2 N–H and O–H groups in total. The zero-order valence-electron chi connectivity index (χ0n) is 32.4. The average Bonchev–Trinajstić information content (AvgIpc) is 4.11. The number of rotatable bonds is 8. The molecule has 8 nitrogen and oxygen atoms in total. The van der Waals surface area contributed by atoms with Crippen LogP contribution < -0.4 is 4.74 Å². The Hall–Kier alpha value is -7.84. The van der Waals surface area contributed by atoms with E-state index in [1.54, 1.807) is 12.1 Å². The first kappa shape index (κ1) is 36.8. The zero-order valence-corrected chi connectivity index (χ0v) is 32.4. The molecule has 4 aromatic carbocycles. The molecule has 3 aromatic heterocycles. The molecule has 0 saturated heterocycles. The maximum absolute atomic E-state index is 12.8. The van der Waals surface area contributed by atoms with Crippen LogP contribution >= 0.6 is 0 Å². The number of nitrogens with one attached hydrogen (secondary N) is 2. The van der Waals surface area contributed by atoms with Gasteiger partial charge in [0.05, 0.1) is 22.8 Å². The predicted octanol–water partition coefficient (Wildman–Crippen LogP) is 11.7. The van der Waals surface area contributed by atoms with E-state index in [0.29, 0.717) is 5.75 Å². The number of esters is 2. The number of fused-ring (bicyclic) bond motifs is 8. The average molecular weight is 771 g/mol. The highest BCUT2D eigenvalue weighted by atomic mass is 16.6. The van der Waals surface area contributed by atoms with Crippen LogP contribution in [0.5, 0.6) is 5.75 Å². The summed E-state index contributed by atoms with van der Waals surface area (Å²) < 4.78 is 10.8. The lowest BCUT2D eigenvalue weighted by atomic mass is 10.0. The van der Waals surface area contributed by atoms with E-state index < -0.39 is 18.0 Å². The maximum atomic E-state index is 12.8. The molecule has 0 fully saturated rings. The van der Waals surface area contributed by atoms with Gasteiger partial charge >= 0.3 is 11.9 Å². The van der Waals surface area contributed by atoms with Crippen LogP contribution in [0.3, 0.4) is 0 Å². The van der Waals surface area contributed by atoms with Gasteiger partial charge in [-0.25, -0.2) is 19.6 Å². The summed E-state index contributed by atoms with van der Waals surface area (Å²) in [6.45, 7) is 6.57. The number of carbonyl (C=O) groups excluding carboxylic acids is 2. The molecule has 0 unspecified atom stereocenters. The normalized spacial score (nSPS) is 12.2. The third-order valence-corrected chi connectivity index (χ3v) is 10.3. The van der Waals surface area contributed by atoms with Crippen molar-refractivity contribution >= 4 is 58.3 Å². The minimum atomic E-state index is -1.11. The van der Waals surface area contributed by atoms with Crippen LogP contribution in [0.1, 0.15) is 36.6 Å². The zero-order chi connectivity index (χ0) is 40.5. The molecule has 8 heteroatoms. The molecule has 0 aliphatic carbocycles. The van der Waals surface area contributed by atoms with E-state index in [0.717, 1.165) is 89.4 Å². The Bertz CT molecular complexity index is 2960. The third-order valence-electron chi connectivity index (χ3n) is 10.3. The molecule has 5 heterocycles. The smallest absolute Gasteiger partial charge is 0.352 e. The lowest BCUT2D eigenvalue weighted by Crippen LogP contribution is -2.28. The summed E-state index contributed by atoms with van der Waals surface area (Å²) in [5.74, 6) is -1.05. The molecule has 1 atom stereocenters.